The maximum absolute atomic E-state index is 12.4. The second-order valence-electron chi connectivity index (χ2n) is 5.82. The Kier molecular flexibility index (Phi) is 8.72. The summed E-state index contributed by atoms with van der Waals surface area (Å²) in [5.41, 5.74) is 0.703. The molecule has 1 aromatic heterocycles. The lowest BCUT2D eigenvalue weighted by Crippen LogP contribution is -2.34. The summed E-state index contributed by atoms with van der Waals surface area (Å²) in [6, 6.07) is 4.95. The van der Waals surface area contributed by atoms with E-state index >= 15 is 0 Å². The number of benzene rings is 1. The van der Waals surface area contributed by atoms with E-state index in [-0.39, 0.29) is 18.1 Å². The van der Waals surface area contributed by atoms with Gasteiger partial charge in [0.2, 0.25) is 0 Å². The summed E-state index contributed by atoms with van der Waals surface area (Å²) in [5, 5.41) is 3.74. The van der Waals surface area contributed by atoms with Crippen molar-refractivity contribution in [1.82, 2.24) is 10.3 Å². The normalized spacial score (nSPS) is 11.1. The van der Waals surface area contributed by atoms with Crippen LogP contribution in [0, 0.1) is 0 Å². The molecule has 0 saturated heterocycles. The third kappa shape index (κ3) is 5.68. The molecule has 8 nitrogen and oxygen atoms in total. The lowest BCUT2D eigenvalue weighted by molar-refractivity contribution is -0.0974. The maximum atomic E-state index is 12.4. The van der Waals surface area contributed by atoms with Gasteiger partial charge in [-0.05, 0) is 12.1 Å². The van der Waals surface area contributed by atoms with Crippen LogP contribution in [0.5, 0.6) is 11.5 Å². The average Bonchev–Trinajstić information content (AvgIpc) is 2.71. The Hall–Kier alpha value is -2.13. The maximum Gasteiger partial charge on any atom is 0.270 e. The van der Waals surface area contributed by atoms with Crippen LogP contribution in [0.15, 0.2) is 18.2 Å². The molecule has 0 aliphatic carbocycles. The van der Waals surface area contributed by atoms with E-state index in [1.54, 1.807) is 26.4 Å². The van der Waals surface area contributed by atoms with Crippen molar-refractivity contribution in [2.75, 3.05) is 48.2 Å². The fraction of sp³-hybridized carbons (Fsp3) is 0.474. The highest BCUT2D eigenvalue weighted by atomic mass is 35.5. The van der Waals surface area contributed by atoms with Crippen molar-refractivity contribution in [3.8, 4) is 11.5 Å². The van der Waals surface area contributed by atoms with E-state index in [4.69, 9.17) is 35.3 Å². The van der Waals surface area contributed by atoms with Crippen LogP contribution >= 0.6 is 11.6 Å². The molecule has 0 saturated carbocycles. The molecule has 9 heteroatoms. The quantitative estimate of drug-likeness (QED) is 0.448. The first-order chi connectivity index (χ1) is 13.5. The van der Waals surface area contributed by atoms with Crippen molar-refractivity contribution in [2.24, 2.45) is 0 Å². The summed E-state index contributed by atoms with van der Waals surface area (Å²) >= 11 is 6.37. The van der Waals surface area contributed by atoms with Crippen LogP contribution in [-0.2, 0) is 14.2 Å². The van der Waals surface area contributed by atoms with Crippen LogP contribution < -0.4 is 14.8 Å². The number of nitrogens with zero attached hydrogens (tertiary/aromatic N) is 1. The molecule has 1 amide bonds. The average molecular weight is 413 g/mol. The number of carbonyl (C=O) groups is 1. The molecule has 2 rings (SSSR count). The van der Waals surface area contributed by atoms with Crippen LogP contribution in [0.3, 0.4) is 0 Å². The number of fused-ring (bicyclic) bond motifs is 1. The minimum absolute atomic E-state index is 0.180. The lowest BCUT2D eigenvalue weighted by atomic mass is 10.1. The van der Waals surface area contributed by atoms with E-state index < -0.39 is 6.29 Å². The number of halogens is 1. The van der Waals surface area contributed by atoms with Gasteiger partial charge in [0, 0.05) is 45.8 Å². The number of nitrogens with one attached hydrogen (secondary N) is 1. The summed E-state index contributed by atoms with van der Waals surface area (Å²) in [7, 11) is 6.17. The monoisotopic (exact) mass is 412 g/mol. The Morgan fingerprint density at radius 3 is 2.50 bits per heavy atom. The SMILES string of the molecule is COCCCOc1cc2nc(C(=O)NCC(OC)OC)cc(Cl)c2cc1OC. The second-order valence-corrected chi connectivity index (χ2v) is 6.22. The molecule has 0 unspecified atom stereocenters. The lowest BCUT2D eigenvalue weighted by Gasteiger charge is -2.15. The highest BCUT2D eigenvalue weighted by Gasteiger charge is 2.16. The number of ether oxygens (including phenoxy) is 5. The zero-order valence-electron chi connectivity index (χ0n) is 16.4. The van der Waals surface area contributed by atoms with Crippen molar-refractivity contribution in [2.45, 2.75) is 12.7 Å². The van der Waals surface area contributed by atoms with Crippen molar-refractivity contribution in [3.05, 3.63) is 28.9 Å². The molecule has 0 aliphatic heterocycles. The molecule has 0 radical (unpaired) electrons. The minimum Gasteiger partial charge on any atom is -0.493 e. The first-order valence-corrected chi connectivity index (χ1v) is 9.05. The minimum atomic E-state index is -0.545. The molecule has 0 spiro atoms. The van der Waals surface area contributed by atoms with Crippen LogP contribution in [0.2, 0.25) is 5.02 Å². The van der Waals surface area contributed by atoms with E-state index in [1.165, 1.54) is 20.3 Å². The molecule has 28 heavy (non-hydrogen) atoms. The summed E-state index contributed by atoms with van der Waals surface area (Å²) < 4.78 is 26.3. The van der Waals surface area contributed by atoms with Gasteiger partial charge in [-0.3, -0.25) is 4.79 Å². The van der Waals surface area contributed by atoms with Crippen LogP contribution in [0.4, 0.5) is 0 Å². The molecule has 0 atom stereocenters. The Morgan fingerprint density at radius 2 is 1.86 bits per heavy atom. The van der Waals surface area contributed by atoms with Gasteiger partial charge in [-0.1, -0.05) is 11.6 Å². The number of hydrogen-bond donors (Lipinski definition) is 1. The third-order valence-electron chi connectivity index (χ3n) is 3.98. The number of aromatic nitrogens is 1. The molecular formula is C19H25ClN2O6. The highest BCUT2D eigenvalue weighted by Crippen LogP contribution is 2.35. The fourth-order valence-electron chi connectivity index (χ4n) is 2.50. The second kappa shape index (κ2) is 11.0. The van der Waals surface area contributed by atoms with Gasteiger partial charge in [0.25, 0.3) is 5.91 Å². The summed E-state index contributed by atoms with van der Waals surface area (Å²) in [6.07, 6.45) is 0.185. The largest absolute Gasteiger partial charge is 0.493 e. The Labute approximate surface area is 169 Å². The van der Waals surface area contributed by atoms with Gasteiger partial charge in [-0.25, -0.2) is 4.98 Å². The zero-order valence-corrected chi connectivity index (χ0v) is 17.2. The van der Waals surface area contributed by atoms with E-state index in [9.17, 15) is 4.79 Å². The molecule has 0 fully saturated rings. The molecule has 1 aromatic carbocycles. The molecule has 0 bridgehead atoms. The van der Waals surface area contributed by atoms with Crippen molar-refractivity contribution >= 4 is 28.4 Å². The zero-order chi connectivity index (χ0) is 20.5. The highest BCUT2D eigenvalue weighted by molar-refractivity contribution is 6.35. The van der Waals surface area contributed by atoms with Crippen LogP contribution in [0.1, 0.15) is 16.9 Å². The Morgan fingerprint density at radius 1 is 1.11 bits per heavy atom. The first kappa shape index (κ1) is 22.2. The third-order valence-corrected chi connectivity index (χ3v) is 4.29. The molecule has 0 aliphatic rings. The number of carbonyl (C=O) groups excluding carboxylic acids is 1. The van der Waals surface area contributed by atoms with Gasteiger partial charge in [-0.15, -0.1) is 0 Å². The number of pyridine rings is 1. The smallest absolute Gasteiger partial charge is 0.270 e. The van der Waals surface area contributed by atoms with E-state index in [0.29, 0.717) is 40.6 Å². The van der Waals surface area contributed by atoms with Crippen molar-refractivity contribution in [1.29, 1.82) is 0 Å². The molecule has 1 N–H and O–H groups in total. The molecule has 2 aromatic rings. The van der Waals surface area contributed by atoms with Gasteiger partial charge in [0.05, 0.1) is 30.8 Å². The number of hydrogen-bond acceptors (Lipinski definition) is 7. The van der Waals surface area contributed by atoms with Gasteiger partial charge in [0.15, 0.2) is 17.8 Å². The summed E-state index contributed by atoms with van der Waals surface area (Å²) in [6.45, 7) is 1.23. The number of rotatable bonds is 11. The first-order valence-electron chi connectivity index (χ1n) is 8.67. The van der Waals surface area contributed by atoms with Gasteiger partial charge >= 0.3 is 0 Å². The topological polar surface area (TPSA) is 88.1 Å². The van der Waals surface area contributed by atoms with Crippen molar-refractivity contribution < 1.29 is 28.5 Å². The van der Waals surface area contributed by atoms with Crippen LogP contribution in [-0.4, -0.2) is 65.4 Å². The van der Waals surface area contributed by atoms with Crippen LogP contribution in [0.25, 0.3) is 10.9 Å². The van der Waals surface area contributed by atoms with Gasteiger partial charge in [-0.2, -0.15) is 0 Å². The molecule has 1 heterocycles. The summed E-state index contributed by atoms with van der Waals surface area (Å²) in [4.78, 5) is 16.8. The van der Waals surface area contributed by atoms with Crippen molar-refractivity contribution in [3.63, 3.8) is 0 Å². The number of amides is 1. The number of methoxy groups -OCH3 is 4. The van der Waals surface area contributed by atoms with Gasteiger partial charge < -0.3 is 29.0 Å². The molecular weight excluding hydrogens is 388 g/mol. The predicted octanol–water partition coefficient (Wildman–Crippen LogP) is 2.66. The van der Waals surface area contributed by atoms with E-state index in [0.717, 1.165) is 6.42 Å². The standard InChI is InChI=1S/C19H25ClN2O6/c1-24-6-5-7-28-17-10-14-12(8-16(17)25-2)13(20)9-15(22-14)19(23)21-11-18(26-3)27-4/h8-10,18H,5-7,11H2,1-4H3,(H,21,23). The Bertz CT molecular complexity index is 798. The van der Waals surface area contributed by atoms with E-state index in [2.05, 4.69) is 10.3 Å². The summed E-state index contributed by atoms with van der Waals surface area (Å²) in [5.74, 6) is 0.668. The molecule has 154 valence electrons. The van der Waals surface area contributed by atoms with E-state index in [1.807, 2.05) is 0 Å². The fourth-order valence-corrected chi connectivity index (χ4v) is 2.75. The van der Waals surface area contributed by atoms with Gasteiger partial charge in [0.1, 0.15) is 5.69 Å². The predicted molar refractivity (Wildman–Crippen MR) is 105 cm³/mol. The Balaban J connectivity index is 2.26.